The first-order valence-corrected chi connectivity index (χ1v) is 3.19. The van der Waals surface area contributed by atoms with E-state index >= 15 is 0 Å². The normalized spacial score (nSPS) is 18.7. The van der Waals surface area contributed by atoms with E-state index in [0.717, 1.165) is 0 Å². The third-order valence-electron chi connectivity index (χ3n) is 1.39. The van der Waals surface area contributed by atoms with Crippen LogP contribution in [0.3, 0.4) is 0 Å². The van der Waals surface area contributed by atoms with E-state index in [1.54, 1.807) is 0 Å². The van der Waals surface area contributed by atoms with Gasteiger partial charge in [-0.25, -0.2) is 0 Å². The van der Waals surface area contributed by atoms with E-state index < -0.39 is 0 Å². The van der Waals surface area contributed by atoms with Crippen molar-refractivity contribution in [2.75, 3.05) is 6.61 Å². The zero-order valence-electron chi connectivity index (χ0n) is 5.57. The Morgan fingerprint density at radius 2 is 2.00 bits per heavy atom. The van der Waals surface area contributed by atoms with Crippen molar-refractivity contribution < 1.29 is 10.2 Å². The van der Waals surface area contributed by atoms with Gasteiger partial charge in [0, 0.05) is 0 Å². The monoisotopic (exact) mass is 138 g/mol. The van der Waals surface area contributed by atoms with Gasteiger partial charge in [-0.2, -0.15) is 0 Å². The van der Waals surface area contributed by atoms with E-state index in [1.807, 2.05) is 24.3 Å². The maximum Gasteiger partial charge on any atom is 0.101 e. The highest BCUT2D eigenvalue weighted by molar-refractivity contribution is 5.25. The van der Waals surface area contributed by atoms with Gasteiger partial charge in [0.1, 0.15) is 5.76 Å². The molecule has 2 N–H and O–H groups in total. The molecule has 0 aliphatic heterocycles. The minimum absolute atomic E-state index is 0.0212. The largest absolute Gasteiger partial charge is 0.512 e. The van der Waals surface area contributed by atoms with E-state index in [2.05, 4.69) is 0 Å². The number of aliphatic hydroxyl groups is 2. The molecule has 0 amide bonds. The molecule has 0 aromatic carbocycles. The van der Waals surface area contributed by atoms with Crippen LogP contribution in [0.5, 0.6) is 0 Å². The molecule has 0 radical (unpaired) electrons. The zero-order chi connectivity index (χ0) is 7.40. The lowest BCUT2D eigenvalue weighted by molar-refractivity contribution is 0.321. The summed E-state index contributed by atoms with van der Waals surface area (Å²) in [6.07, 6.45) is 8.85. The molecule has 0 fully saturated rings. The Balaban J connectivity index is 2.57. The quantitative estimate of drug-likeness (QED) is 0.562. The van der Waals surface area contributed by atoms with Gasteiger partial charge in [-0.1, -0.05) is 24.3 Å². The number of aliphatic hydroxyl groups excluding tert-OH is 2. The number of hydrogen-bond donors (Lipinski definition) is 2. The molecule has 0 saturated heterocycles. The Bertz CT molecular complexity index is 177. The van der Waals surface area contributed by atoms with E-state index in [0.29, 0.717) is 0 Å². The molecule has 0 spiro atoms. The van der Waals surface area contributed by atoms with Crippen LogP contribution in [0.25, 0.3) is 0 Å². The molecule has 54 valence electrons. The predicted octanol–water partition coefficient (Wildman–Crippen LogP) is 1.16. The van der Waals surface area contributed by atoms with Crippen LogP contribution >= 0.6 is 0 Å². The maximum atomic E-state index is 9.15. The van der Waals surface area contributed by atoms with E-state index in [-0.39, 0.29) is 18.3 Å². The molecule has 1 rings (SSSR count). The van der Waals surface area contributed by atoms with Gasteiger partial charge in [0.05, 0.1) is 12.5 Å². The fourth-order valence-corrected chi connectivity index (χ4v) is 0.859. The highest BCUT2D eigenvalue weighted by atomic mass is 16.3. The van der Waals surface area contributed by atoms with Crippen LogP contribution in [-0.2, 0) is 0 Å². The van der Waals surface area contributed by atoms with Crippen molar-refractivity contribution in [2.24, 2.45) is 5.92 Å². The SMILES string of the molecule is OC/C=C(\O)C1C=CC=C1. The summed E-state index contributed by atoms with van der Waals surface area (Å²) in [6, 6.07) is 0. The van der Waals surface area contributed by atoms with E-state index in [9.17, 15) is 0 Å². The molecular formula is C8H10O2. The van der Waals surface area contributed by atoms with Gasteiger partial charge in [-0.05, 0) is 6.08 Å². The molecule has 0 heterocycles. The van der Waals surface area contributed by atoms with Crippen LogP contribution in [0.1, 0.15) is 0 Å². The van der Waals surface area contributed by atoms with Crippen molar-refractivity contribution in [2.45, 2.75) is 0 Å². The van der Waals surface area contributed by atoms with Crippen molar-refractivity contribution in [3.8, 4) is 0 Å². The Hall–Kier alpha value is -1.02. The van der Waals surface area contributed by atoms with Crippen LogP contribution in [-0.4, -0.2) is 16.8 Å². The number of hydrogen-bond acceptors (Lipinski definition) is 2. The summed E-state index contributed by atoms with van der Waals surface area (Å²) < 4.78 is 0. The summed E-state index contributed by atoms with van der Waals surface area (Å²) in [7, 11) is 0. The number of allylic oxidation sites excluding steroid dienone is 3. The summed E-state index contributed by atoms with van der Waals surface area (Å²) in [5, 5.41) is 17.6. The molecule has 0 atom stereocenters. The summed E-state index contributed by atoms with van der Waals surface area (Å²) in [4.78, 5) is 0. The Morgan fingerprint density at radius 1 is 1.40 bits per heavy atom. The minimum atomic E-state index is -0.107. The van der Waals surface area contributed by atoms with E-state index in [1.165, 1.54) is 6.08 Å². The van der Waals surface area contributed by atoms with Crippen molar-refractivity contribution >= 4 is 0 Å². The van der Waals surface area contributed by atoms with Gasteiger partial charge < -0.3 is 10.2 Å². The third kappa shape index (κ3) is 1.48. The fourth-order valence-electron chi connectivity index (χ4n) is 0.859. The van der Waals surface area contributed by atoms with Gasteiger partial charge in [0.2, 0.25) is 0 Å². The van der Waals surface area contributed by atoms with Gasteiger partial charge in [-0.15, -0.1) is 0 Å². The predicted molar refractivity (Wildman–Crippen MR) is 39.6 cm³/mol. The second-order valence-corrected chi connectivity index (χ2v) is 2.11. The van der Waals surface area contributed by atoms with Crippen LogP contribution in [0.4, 0.5) is 0 Å². The molecule has 2 heteroatoms. The second-order valence-electron chi connectivity index (χ2n) is 2.11. The Morgan fingerprint density at radius 3 is 2.50 bits per heavy atom. The lowest BCUT2D eigenvalue weighted by atomic mass is 10.1. The molecule has 0 aromatic heterocycles. The van der Waals surface area contributed by atoms with Gasteiger partial charge in [0.15, 0.2) is 0 Å². The lowest BCUT2D eigenvalue weighted by Crippen LogP contribution is -1.95. The maximum absolute atomic E-state index is 9.15. The summed E-state index contributed by atoms with van der Waals surface area (Å²) in [5.41, 5.74) is 0. The first kappa shape index (κ1) is 7.09. The average Bonchev–Trinajstić information content (AvgIpc) is 2.38. The van der Waals surface area contributed by atoms with Gasteiger partial charge in [0.25, 0.3) is 0 Å². The number of rotatable bonds is 2. The van der Waals surface area contributed by atoms with Gasteiger partial charge in [-0.3, -0.25) is 0 Å². The van der Waals surface area contributed by atoms with Crippen molar-refractivity contribution in [1.29, 1.82) is 0 Å². The zero-order valence-corrected chi connectivity index (χ0v) is 5.57. The molecule has 0 unspecified atom stereocenters. The van der Waals surface area contributed by atoms with Crippen LogP contribution in [0, 0.1) is 5.92 Å². The smallest absolute Gasteiger partial charge is 0.101 e. The molecule has 10 heavy (non-hydrogen) atoms. The van der Waals surface area contributed by atoms with Crippen molar-refractivity contribution in [1.82, 2.24) is 0 Å². The molecule has 0 aromatic rings. The first-order valence-electron chi connectivity index (χ1n) is 3.19. The van der Waals surface area contributed by atoms with Crippen molar-refractivity contribution in [3.05, 3.63) is 36.1 Å². The van der Waals surface area contributed by atoms with Crippen LogP contribution in [0.2, 0.25) is 0 Å². The molecule has 2 nitrogen and oxygen atoms in total. The summed E-state index contributed by atoms with van der Waals surface area (Å²) >= 11 is 0. The molecule has 1 aliphatic carbocycles. The van der Waals surface area contributed by atoms with Crippen LogP contribution < -0.4 is 0 Å². The fraction of sp³-hybridized carbons (Fsp3) is 0.250. The van der Waals surface area contributed by atoms with Crippen LogP contribution in [0.15, 0.2) is 36.1 Å². The lowest BCUT2D eigenvalue weighted by Gasteiger charge is -2.01. The Kier molecular flexibility index (Phi) is 2.29. The molecule has 0 saturated carbocycles. The standard InChI is InChI=1S/C8H10O2/c9-6-5-8(10)7-3-1-2-4-7/h1-5,7,9-10H,6H2/b8-5-. The second kappa shape index (κ2) is 3.22. The molecule has 0 bridgehead atoms. The summed E-state index contributed by atoms with van der Waals surface area (Å²) in [6.45, 7) is -0.107. The van der Waals surface area contributed by atoms with Crippen molar-refractivity contribution in [3.63, 3.8) is 0 Å². The molecular weight excluding hydrogens is 128 g/mol. The minimum Gasteiger partial charge on any atom is -0.512 e. The first-order chi connectivity index (χ1) is 4.84. The Labute approximate surface area is 59.8 Å². The highest BCUT2D eigenvalue weighted by Gasteiger charge is 2.06. The third-order valence-corrected chi connectivity index (χ3v) is 1.39. The topological polar surface area (TPSA) is 40.5 Å². The average molecular weight is 138 g/mol. The van der Waals surface area contributed by atoms with E-state index in [4.69, 9.17) is 10.2 Å². The van der Waals surface area contributed by atoms with Gasteiger partial charge >= 0.3 is 0 Å². The summed E-state index contributed by atoms with van der Waals surface area (Å²) in [5.74, 6) is 0.194. The molecule has 1 aliphatic rings. The highest BCUT2D eigenvalue weighted by Crippen LogP contribution is 2.15.